The third-order valence-corrected chi connectivity index (χ3v) is 3.74. The molecule has 2 aromatic rings. The molecular formula is C11H15N3O2S. The molecule has 2 aromatic heterocycles. The smallest absolute Gasteiger partial charge is 0.148 e. The summed E-state index contributed by atoms with van der Waals surface area (Å²) in [5.74, 6) is 0.652. The lowest BCUT2D eigenvalue weighted by molar-refractivity contribution is 0.147. The van der Waals surface area contributed by atoms with Crippen LogP contribution in [0.2, 0.25) is 0 Å². The van der Waals surface area contributed by atoms with Gasteiger partial charge in [-0.05, 0) is 24.8 Å². The van der Waals surface area contributed by atoms with Gasteiger partial charge in [-0.3, -0.25) is 0 Å². The SMILES string of the molecule is Cc1csc2c(NC(C)(CO)CO)ncnc12. The fourth-order valence-electron chi connectivity index (χ4n) is 1.47. The summed E-state index contributed by atoms with van der Waals surface area (Å²) in [6.07, 6.45) is 1.49. The van der Waals surface area contributed by atoms with Gasteiger partial charge in [0.05, 0.1) is 29.0 Å². The molecule has 0 saturated carbocycles. The van der Waals surface area contributed by atoms with Gasteiger partial charge in [0.25, 0.3) is 0 Å². The number of aryl methyl sites for hydroxylation is 1. The molecule has 3 N–H and O–H groups in total. The molecule has 0 aliphatic rings. The Balaban J connectivity index is 2.42. The minimum Gasteiger partial charge on any atom is -0.394 e. The monoisotopic (exact) mass is 253 g/mol. The zero-order valence-corrected chi connectivity index (χ0v) is 10.6. The van der Waals surface area contributed by atoms with Crippen LogP contribution in [0.4, 0.5) is 5.82 Å². The Morgan fingerprint density at radius 1 is 1.35 bits per heavy atom. The molecule has 0 aliphatic heterocycles. The van der Waals surface area contributed by atoms with Crippen LogP contribution in [-0.2, 0) is 0 Å². The first-order valence-corrected chi connectivity index (χ1v) is 6.16. The molecule has 0 unspecified atom stereocenters. The van der Waals surface area contributed by atoms with E-state index < -0.39 is 5.54 Å². The van der Waals surface area contributed by atoms with Crippen LogP contribution in [-0.4, -0.2) is 38.9 Å². The van der Waals surface area contributed by atoms with Crippen molar-refractivity contribution >= 4 is 27.4 Å². The Morgan fingerprint density at radius 3 is 2.71 bits per heavy atom. The number of hydrogen-bond donors (Lipinski definition) is 3. The zero-order valence-electron chi connectivity index (χ0n) is 9.77. The van der Waals surface area contributed by atoms with E-state index in [2.05, 4.69) is 15.3 Å². The number of nitrogens with one attached hydrogen (secondary N) is 1. The molecular weight excluding hydrogens is 238 g/mol. The maximum absolute atomic E-state index is 9.26. The zero-order chi connectivity index (χ0) is 12.5. The third kappa shape index (κ3) is 2.24. The van der Waals surface area contributed by atoms with Crippen molar-refractivity contribution in [2.24, 2.45) is 0 Å². The molecule has 0 aromatic carbocycles. The lowest BCUT2D eigenvalue weighted by Crippen LogP contribution is -2.42. The Labute approximate surface area is 103 Å². The summed E-state index contributed by atoms with van der Waals surface area (Å²) in [6, 6.07) is 0. The van der Waals surface area contributed by atoms with Gasteiger partial charge in [0.15, 0.2) is 0 Å². The molecule has 0 saturated heterocycles. The van der Waals surface area contributed by atoms with Gasteiger partial charge in [0, 0.05) is 0 Å². The van der Waals surface area contributed by atoms with Crippen molar-refractivity contribution in [3.8, 4) is 0 Å². The van der Waals surface area contributed by atoms with Gasteiger partial charge in [0.2, 0.25) is 0 Å². The number of aromatic nitrogens is 2. The Bertz CT molecular complexity index is 522. The number of hydrogen-bond acceptors (Lipinski definition) is 6. The van der Waals surface area contributed by atoms with E-state index in [4.69, 9.17) is 0 Å². The quantitative estimate of drug-likeness (QED) is 0.762. The highest BCUT2D eigenvalue weighted by atomic mass is 32.1. The van der Waals surface area contributed by atoms with Gasteiger partial charge >= 0.3 is 0 Å². The number of aliphatic hydroxyl groups excluding tert-OH is 2. The first-order valence-electron chi connectivity index (χ1n) is 5.28. The standard InChI is InChI=1S/C11H15N3O2S/c1-7-3-17-9-8(7)12-6-13-10(9)14-11(2,4-15)5-16/h3,6,15-16H,4-5H2,1-2H3,(H,12,13,14). The molecule has 6 heteroatoms. The Hall–Kier alpha value is -1.24. The van der Waals surface area contributed by atoms with Crippen LogP contribution >= 0.6 is 11.3 Å². The Morgan fingerprint density at radius 2 is 2.06 bits per heavy atom. The molecule has 92 valence electrons. The Kier molecular flexibility index (Phi) is 3.28. The summed E-state index contributed by atoms with van der Waals surface area (Å²) in [7, 11) is 0. The lowest BCUT2D eigenvalue weighted by atomic mass is 10.1. The van der Waals surface area contributed by atoms with E-state index in [-0.39, 0.29) is 13.2 Å². The van der Waals surface area contributed by atoms with E-state index in [0.29, 0.717) is 5.82 Å². The van der Waals surface area contributed by atoms with Gasteiger partial charge in [0.1, 0.15) is 12.1 Å². The average molecular weight is 253 g/mol. The predicted octanol–water partition coefficient (Wildman–Crippen LogP) is 1.15. The molecule has 2 heterocycles. The van der Waals surface area contributed by atoms with Crippen molar-refractivity contribution in [1.82, 2.24) is 9.97 Å². The highest BCUT2D eigenvalue weighted by molar-refractivity contribution is 7.18. The molecule has 0 fully saturated rings. The van der Waals surface area contributed by atoms with E-state index >= 15 is 0 Å². The van der Waals surface area contributed by atoms with Crippen LogP contribution in [0.5, 0.6) is 0 Å². The molecule has 0 bridgehead atoms. The van der Waals surface area contributed by atoms with Gasteiger partial charge < -0.3 is 15.5 Å². The van der Waals surface area contributed by atoms with Crippen LogP contribution in [0.1, 0.15) is 12.5 Å². The first kappa shape index (κ1) is 12.2. The van der Waals surface area contributed by atoms with Crippen LogP contribution in [0.25, 0.3) is 10.2 Å². The number of fused-ring (bicyclic) bond motifs is 1. The lowest BCUT2D eigenvalue weighted by Gasteiger charge is -2.26. The second-order valence-electron chi connectivity index (χ2n) is 4.32. The van der Waals surface area contributed by atoms with Crippen LogP contribution < -0.4 is 5.32 Å². The third-order valence-electron chi connectivity index (χ3n) is 2.65. The summed E-state index contributed by atoms with van der Waals surface area (Å²) in [4.78, 5) is 8.38. The van der Waals surface area contributed by atoms with E-state index in [1.54, 1.807) is 18.3 Å². The second-order valence-corrected chi connectivity index (χ2v) is 5.20. The topological polar surface area (TPSA) is 78.3 Å². The van der Waals surface area contributed by atoms with E-state index in [1.807, 2.05) is 12.3 Å². The van der Waals surface area contributed by atoms with Crippen molar-refractivity contribution in [2.75, 3.05) is 18.5 Å². The normalized spacial score (nSPS) is 12.0. The molecule has 0 amide bonds. The van der Waals surface area contributed by atoms with E-state index in [0.717, 1.165) is 15.8 Å². The molecule has 2 rings (SSSR count). The van der Waals surface area contributed by atoms with Crippen molar-refractivity contribution < 1.29 is 10.2 Å². The van der Waals surface area contributed by atoms with Gasteiger partial charge in [-0.1, -0.05) is 0 Å². The number of nitrogens with zero attached hydrogens (tertiary/aromatic N) is 2. The van der Waals surface area contributed by atoms with E-state index in [1.165, 1.54) is 6.33 Å². The van der Waals surface area contributed by atoms with Crippen LogP contribution in [0.15, 0.2) is 11.7 Å². The highest BCUT2D eigenvalue weighted by Gasteiger charge is 2.23. The molecule has 0 atom stereocenters. The van der Waals surface area contributed by atoms with E-state index in [9.17, 15) is 10.2 Å². The average Bonchev–Trinajstić information content (AvgIpc) is 2.72. The number of aliphatic hydroxyl groups is 2. The van der Waals surface area contributed by atoms with Crippen molar-refractivity contribution in [2.45, 2.75) is 19.4 Å². The van der Waals surface area contributed by atoms with Crippen LogP contribution in [0, 0.1) is 6.92 Å². The minimum atomic E-state index is -0.779. The maximum Gasteiger partial charge on any atom is 0.148 e. The van der Waals surface area contributed by atoms with Gasteiger partial charge in [-0.2, -0.15) is 0 Å². The van der Waals surface area contributed by atoms with Crippen molar-refractivity contribution in [3.63, 3.8) is 0 Å². The van der Waals surface area contributed by atoms with Gasteiger partial charge in [-0.25, -0.2) is 9.97 Å². The molecule has 0 spiro atoms. The highest BCUT2D eigenvalue weighted by Crippen LogP contribution is 2.29. The summed E-state index contributed by atoms with van der Waals surface area (Å²) < 4.78 is 0.943. The number of anilines is 1. The second kappa shape index (κ2) is 4.56. The summed E-state index contributed by atoms with van der Waals surface area (Å²) in [6.45, 7) is 3.40. The molecule has 0 radical (unpaired) electrons. The van der Waals surface area contributed by atoms with Crippen molar-refractivity contribution in [3.05, 3.63) is 17.3 Å². The van der Waals surface area contributed by atoms with Gasteiger partial charge in [-0.15, -0.1) is 11.3 Å². The summed E-state index contributed by atoms with van der Waals surface area (Å²) >= 11 is 1.55. The number of rotatable bonds is 4. The fourth-order valence-corrected chi connectivity index (χ4v) is 2.42. The summed E-state index contributed by atoms with van der Waals surface area (Å²) in [5.41, 5.74) is 1.23. The minimum absolute atomic E-state index is 0.167. The predicted molar refractivity (Wildman–Crippen MR) is 68.4 cm³/mol. The maximum atomic E-state index is 9.26. The molecule has 0 aliphatic carbocycles. The fraction of sp³-hybridized carbons (Fsp3) is 0.455. The first-order chi connectivity index (χ1) is 8.09. The molecule has 17 heavy (non-hydrogen) atoms. The largest absolute Gasteiger partial charge is 0.394 e. The summed E-state index contributed by atoms with van der Waals surface area (Å²) in [5, 5.41) is 23.6. The van der Waals surface area contributed by atoms with Crippen molar-refractivity contribution in [1.29, 1.82) is 0 Å². The number of thiophene rings is 1. The molecule has 5 nitrogen and oxygen atoms in total. The van der Waals surface area contributed by atoms with Crippen LogP contribution in [0.3, 0.4) is 0 Å².